The van der Waals surface area contributed by atoms with Crippen LogP contribution in [0.5, 0.6) is 17.2 Å². The monoisotopic (exact) mass is 569 g/mol. The molecule has 3 amide bonds. The quantitative estimate of drug-likeness (QED) is 0.441. The minimum Gasteiger partial charge on any atom is -0.493 e. The Morgan fingerprint density at radius 3 is 2.56 bits per heavy atom. The van der Waals surface area contributed by atoms with E-state index in [9.17, 15) is 23.2 Å². The van der Waals surface area contributed by atoms with Gasteiger partial charge in [0.1, 0.15) is 17.5 Å². The summed E-state index contributed by atoms with van der Waals surface area (Å²) in [4.78, 5) is 39.9. The number of rotatable bonds is 3. The zero-order chi connectivity index (χ0) is 28.9. The molecule has 4 bridgehead atoms. The minimum absolute atomic E-state index is 0.108. The molecule has 11 nitrogen and oxygen atoms in total. The number of aromatic nitrogens is 2. The summed E-state index contributed by atoms with van der Waals surface area (Å²) in [6.07, 6.45) is -2.88. The first-order chi connectivity index (χ1) is 19.8. The predicted octanol–water partition coefficient (Wildman–Crippen LogP) is 2.39. The molecular formula is C28H29F2N5O6. The van der Waals surface area contributed by atoms with Crippen LogP contribution in [0.2, 0.25) is 0 Å². The number of aromatic amines is 1. The van der Waals surface area contributed by atoms with Gasteiger partial charge in [-0.05, 0) is 47.9 Å². The van der Waals surface area contributed by atoms with E-state index in [1.807, 2.05) is 6.07 Å². The molecule has 3 N–H and O–H groups in total. The summed E-state index contributed by atoms with van der Waals surface area (Å²) >= 11 is 0. The third kappa shape index (κ3) is 6.73. The highest BCUT2D eigenvalue weighted by atomic mass is 19.3. The van der Waals surface area contributed by atoms with E-state index >= 15 is 0 Å². The Kier molecular flexibility index (Phi) is 8.31. The maximum Gasteiger partial charge on any atom is 0.279 e. The average Bonchev–Trinajstić information content (AvgIpc) is 3.62. The number of likely N-dealkylation sites (tertiary alicyclic amines) is 1. The summed E-state index contributed by atoms with van der Waals surface area (Å²) in [7, 11) is 1.50. The van der Waals surface area contributed by atoms with Gasteiger partial charge in [0.05, 0.1) is 19.7 Å². The fraction of sp³-hybridized carbons (Fsp3) is 0.357. The lowest BCUT2D eigenvalue weighted by molar-refractivity contribution is -0.123. The highest BCUT2D eigenvalue weighted by molar-refractivity contribution is 5.92. The first-order valence-corrected chi connectivity index (χ1v) is 13.0. The molecule has 4 heterocycles. The number of alkyl halides is 2. The van der Waals surface area contributed by atoms with Crippen molar-refractivity contribution in [3.8, 4) is 17.2 Å². The van der Waals surface area contributed by atoms with Crippen molar-refractivity contribution in [3.05, 3.63) is 71.0 Å². The zero-order valence-electron chi connectivity index (χ0n) is 22.2. The van der Waals surface area contributed by atoms with Crippen molar-refractivity contribution < 1.29 is 37.4 Å². The minimum atomic E-state index is -2.79. The fourth-order valence-corrected chi connectivity index (χ4v) is 4.70. The molecule has 2 atom stereocenters. The van der Waals surface area contributed by atoms with E-state index in [0.717, 1.165) is 17.2 Å². The van der Waals surface area contributed by atoms with Gasteiger partial charge in [0.2, 0.25) is 5.91 Å². The number of ether oxygens (including phenoxy) is 3. The topological polar surface area (TPSA) is 135 Å². The molecule has 3 aliphatic heterocycles. The predicted molar refractivity (Wildman–Crippen MR) is 141 cm³/mol. The van der Waals surface area contributed by atoms with Crippen molar-refractivity contribution in [3.63, 3.8) is 0 Å². The molecule has 1 aromatic heterocycles. The summed E-state index contributed by atoms with van der Waals surface area (Å²) in [6.45, 7) is 0.282. The van der Waals surface area contributed by atoms with Crippen LogP contribution >= 0.6 is 0 Å². The van der Waals surface area contributed by atoms with Crippen molar-refractivity contribution in [2.75, 3.05) is 26.8 Å². The van der Waals surface area contributed by atoms with E-state index in [4.69, 9.17) is 14.2 Å². The lowest BCUT2D eigenvalue weighted by atomic mass is 10.1. The van der Waals surface area contributed by atoms with Gasteiger partial charge in [-0.1, -0.05) is 18.2 Å². The normalized spacial score (nSPS) is 19.7. The van der Waals surface area contributed by atoms with Crippen molar-refractivity contribution in [2.24, 2.45) is 0 Å². The SMILES string of the molecule is COc1ccc2cc1OCC(=O)NCc1ccc(cc1)O[C@H]1CN(C(=O)c3cc(C(F)F)[nH]n3)C[C@@H]1NC(=O)CC2. The Labute approximate surface area is 234 Å². The van der Waals surface area contributed by atoms with E-state index < -0.39 is 30.2 Å². The summed E-state index contributed by atoms with van der Waals surface area (Å²) in [5, 5.41) is 11.7. The van der Waals surface area contributed by atoms with Gasteiger partial charge < -0.3 is 29.7 Å². The van der Waals surface area contributed by atoms with Crippen molar-refractivity contribution in [2.45, 2.75) is 38.0 Å². The maximum atomic E-state index is 13.1. The van der Waals surface area contributed by atoms with E-state index in [1.54, 1.807) is 36.4 Å². The number of nitrogens with zero attached hydrogens (tertiary/aromatic N) is 2. The van der Waals surface area contributed by atoms with Gasteiger partial charge in [-0.3, -0.25) is 19.5 Å². The Morgan fingerprint density at radius 1 is 1.05 bits per heavy atom. The van der Waals surface area contributed by atoms with Crippen molar-refractivity contribution in [1.82, 2.24) is 25.7 Å². The number of nitrogens with one attached hydrogen (secondary N) is 3. The molecule has 0 unspecified atom stereocenters. The number of aryl methyl sites for hydroxylation is 1. The number of halogens is 2. The third-order valence-electron chi connectivity index (χ3n) is 6.88. The number of hydrogen-bond donors (Lipinski definition) is 3. The van der Waals surface area contributed by atoms with Crippen LogP contribution in [0.15, 0.2) is 48.5 Å². The summed E-state index contributed by atoms with van der Waals surface area (Å²) in [5.74, 6) is 0.220. The second-order valence-electron chi connectivity index (χ2n) is 9.74. The molecule has 0 aliphatic carbocycles. The standard InChI is InChI=1S/C28H29F2N5O6/c1-39-22-8-4-16-5-9-25(36)32-21-13-35(28(38)20-11-19(27(29)30)33-34-20)14-24(21)41-18-6-2-17(3-7-18)12-31-26(37)15-40-23(22)10-16/h2-4,6-8,10-11,21,24,27H,5,9,12-15H2,1H3,(H,31,37)(H,32,36)(H,33,34)/t21-,24-/m0/s1. The van der Waals surface area contributed by atoms with Crippen molar-refractivity contribution in [1.29, 1.82) is 0 Å². The van der Waals surface area contributed by atoms with Crippen LogP contribution in [-0.2, 0) is 22.6 Å². The lowest BCUT2D eigenvalue weighted by Crippen LogP contribution is -2.45. The molecule has 41 heavy (non-hydrogen) atoms. The first-order valence-electron chi connectivity index (χ1n) is 13.0. The molecule has 6 rings (SSSR count). The van der Waals surface area contributed by atoms with E-state index in [0.29, 0.717) is 23.7 Å². The molecule has 1 fully saturated rings. The molecule has 3 aromatic rings. The highest BCUT2D eigenvalue weighted by Crippen LogP contribution is 2.29. The molecule has 1 saturated heterocycles. The Morgan fingerprint density at radius 2 is 1.83 bits per heavy atom. The summed E-state index contributed by atoms with van der Waals surface area (Å²) in [5.41, 5.74) is 1.03. The first kappa shape index (κ1) is 27.9. The van der Waals surface area contributed by atoms with Gasteiger partial charge >= 0.3 is 0 Å². The molecule has 0 spiro atoms. The summed E-state index contributed by atoms with van der Waals surface area (Å²) in [6, 6.07) is 12.8. The second kappa shape index (κ2) is 12.2. The second-order valence-corrected chi connectivity index (χ2v) is 9.74. The number of carbonyl (C=O) groups excluding carboxylic acids is 3. The maximum absolute atomic E-state index is 13.1. The lowest BCUT2D eigenvalue weighted by Gasteiger charge is -2.21. The van der Waals surface area contributed by atoms with E-state index in [2.05, 4.69) is 20.8 Å². The van der Waals surface area contributed by atoms with E-state index in [-0.39, 0.29) is 50.2 Å². The van der Waals surface area contributed by atoms with Crippen LogP contribution in [0.3, 0.4) is 0 Å². The van der Waals surface area contributed by atoms with Gasteiger partial charge in [0.25, 0.3) is 18.2 Å². The number of H-pyrrole nitrogens is 1. The molecule has 0 saturated carbocycles. The number of benzene rings is 2. The fourth-order valence-electron chi connectivity index (χ4n) is 4.70. The molecule has 13 heteroatoms. The van der Waals surface area contributed by atoms with Gasteiger partial charge in [0, 0.05) is 19.5 Å². The molecular weight excluding hydrogens is 540 g/mol. The number of fused-ring (bicyclic) bond motifs is 9. The molecule has 216 valence electrons. The molecule has 3 aliphatic rings. The van der Waals surface area contributed by atoms with Crippen LogP contribution in [0, 0.1) is 0 Å². The van der Waals surface area contributed by atoms with Crippen LogP contribution in [0.4, 0.5) is 8.78 Å². The van der Waals surface area contributed by atoms with E-state index in [1.165, 1.54) is 12.0 Å². The van der Waals surface area contributed by atoms with Gasteiger partial charge in [0.15, 0.2) is 23.8 Å². The Balaban J connectivity index is 1.37. The van der Waals surface area contributed by atoms with Crippen LogP contribution in [-0.4, -0.2) is 71.8 Å². The Bertz CT molecular complexity index is 1410. The highest BCUT2D eigenvalue weighted by Gasteiger charge is 2.39. The Hall–Kier alpha value is -4.68. The average molecular weight is 570 g/mol. The number of hydrogen-bond acceptors (Lipinski definition) is 7. The van der Waals surface area contributed by atoms with Gasteiger partial charge in [-0.25, -0.2) is 8.78 Å². The third-order valence-corrected chi connectivity index (χ3v) is 6.88. The van der Waals surface area contributed by atoms with Gasteiger partial charge in [-0.15, -0.1) is 0 Å². The van der Waals surface area contributed by atoms with Crippen molar-refractivity contribution >= 4 is 17.7 Å². The van der Waals surface area contributed by atoms with Gasteiger partial charge in [-0.2, -0.15) is 5.10 Å². The van der Waals surface area contributed by atoms with Crippen LogP contribution in [0.25, 0.3) is 0 Å². The smallest absolute Gasteiger partial charge is 0.279 e. The molecule has 2 aromatic carbocycles. The van der Waals surface area contributed by atoms with Crippen LogP contribution in [0.1, 0.15) is 40.2 Å². The largest absolute Gasteiger partial charge is 0.493 e. The number of amides is 3. The number of carbonyl (C=O) groups is 3. The zero-order valence-corrected chi connectivity index (χ0v) is 22.2. The number of methoxy groups -OCH3 is 1. The molecule has 0 radical (unpaired) electrons. The summed E-state index contributed by atoms with van der Waals surface area (Å²) < 4.78 is 43.2. The van der Waals surface area contributed by atoms with Crippen LogP contribution < -0.4 is 24.8 Å².